The molecule has 5 N–H and O–H groups in total. The van der Waals surface area contributed by atoms with Gasteiger partial charge in [0.15, 0.2) is 18.2 Å². The van der Waals surface area contributed by atoms with Crippen LogP contribution in [0, 0.1) is 12.3 Å². The van der Waals surface area contributed by atoms with Crippen molar-refractivity contribution in [3.8, 4) is 22.9 Å². The van der Waals surface area contributed by atoms with Crippen LogP contribution in [0.4, 0.5) is 38.0 Å². The lowest BCUT2D eigenvalue weighted by molar-refractivity contribution is -0.193. The minimum absolute atomic E-state index is 0.0184. The number of aromatic nitrogens is 4. The Balaban J connectivity index is 0.000000458. The molecule has 1 amide bonds. The van der Waals surface area contributed by atoms with Crippen LogP contribution in [-0.4, -0.2) is 92.5 Å². The maximum Gasteiger partial charge on any atom is 0.490 e. The molecule has 2 aromatic carbocycles. The number of nitrogens with one attached hydrogen (secondary N) is 3. The summed E-state index contributed by atoms with van der Waals surface area (Å²) in [6.45, 7) is 11.7. The van der Waals surface area contributed by atoms with E-state index in [1.807, 2.05) is 64.1 Å². The highest BCUT2D eigenvalue weighted by molar-refractivity contribution is 5.98. The summed E-state index contributed by atoms with van der Waals surface area (Å²) in [4.78, 5) is 39.8. The third kappa shape index (κ3) is 12.8. The molecule has 0 spiro atoms. The molecule has 0 saturated carbocycles. The molecule has 1 aliphatic heterocycles. The van der Waals surface area contributed by atoms with Crippen LogP contribution < -0.4 is 20.1 Å². The van der Waals surface area contributed by atoms with E-state index in [0.717, 1.165) is 27.8 Å². The van der Waals surface area contributed by atoms with Gasteiger partial charge < -0.3 is 35.1 Å². The first-order chi connectivity index (χ1) is 24.5. The molecule has 0 atom stereocenters. The number of benzene rings is 2. The molecule has 2 aromatic heterocycles. The van der Waals surface area contributed by atoms with E-state index in [1.54, 1.807) is 12.3 Å². The number of H-pyrrole nitrogens is 1. The summed E-state index contributed by atoms with van der Waals surface area (Å²) < 4.78 is 81.0. The van der Waals surface area contributed by atoms with Gasteiger partial charge >= 0.3 is 24.3 Å². The number of amides is 1. The summed E-state index contributed by atoms with van der Waals surface area (Å²) in [6.07, 6.45) is -8.43. The summed E-state index contributed by atoms with van der Waals surface area (Å²) in [6, 6.07) is 13.2. The number of nitrogens with zero attached hydrogens (tertiary/aromatic N) is 3. The van der Waals surface area contributed by atoms with Crippen LogP contribution in [0.25, 0.3) is 22.3 Å². The fourth-order valence-electron chi connectivity index (χ4n) is 4.26. The molecule has 53 heavy (non-hydrogen) atoms. The van der Waals surface area contributed by atoms with E-state index in [4.69, 9.17) is 44.0 Å². The number of aliphatic carboxylic acids is 2. The number of carboxylic acid groups (broad SMARTS) is 2. The molecular weight excluding hydrogens is 722 g/mol. The van der Waals surface area contributed by atoms with Crippen LogP contribution in [-0.2, 0) is 19.1 Å². The number of carbonyl (C=O) groups is 3. The number of carbonyl (C=O) groups excluding carboxylic acids is 1. The molecule has 3 heterocycles. The number of fused-ring (bicyclic) bond motifs is 1. The van der Waals surface area contributed by atoms with Gasteiger partial charge in [-0.25, -0.2) is 19.6 Å². The first-order valence-corrected chi connectivity index (χ1v) is 15.4. The van der Waals surface area contributed by atoms with E-state index < -0.39 is 24.3 Å². The average Bonchev–Trinajstić information content (AvgIpc) is 3.54. The van der Waals surface area contributed by atoms with Crippen molar-refractivity contribution in [3.05, 3.63) is 54.2 Å². The zero-order chi connectivity index (χ0) is 39.8. The smallest absolute Gasteiger partial charge is 0.490 e. The maximum atomic E-state index is 12.2. The lowest BCUT2D eigenvalue weighted by Crippen LogP contribution is -2.44. The number of aryl methyl sites for hydroxylation is 1. The SMILES string of the molecule is Cc1ccc2nc(-c3cccc(OCC(=O)NC(C)(C)C)c3)nc(Nc3cc[nH]n3)c2c1OCC1(C)COC1.O=C(O)C(F)(F)F.O=C(O)C(F)(F)F. The molecule has 288 valence electrons. The summed E-state index contributed by atoms with van der Waals surface area (Å²) in [7, 11) is 0. The van der Waals surface area contributed by atoms with Crippen molar-refractivity contribution in [2.45, 2.75) is 52.5 Å². The Labute approximate surface area is 297 Å². The van der Waals surface area contributed by atoms with Crippen LogP contribution in [0.2, 0.25) is 0 Å². The topological polar surface area (TPSA) is 198 Å². The van der Waals surface area contributed by atoms with Crippen LogP contribution in [0.3, 0.4) is 0 Å². The van der Waals surface area contributed by atoms with Gasteiger partial charge in [0.25, 0.3) is 5.91 Å². The number of hydrogen-bond donors (Lipinski definition) is 5. The Morgan fingerprint density at radius 3 is 2.08 bits per heavy atom. The quantitative estimate of drug-likeness (QED) is 0.124. The Kier molecular flexibility index (Phi) is 13.2. The van der Waals surface area contributed by atoms with Gasteiger partial charge in [0, 0.05) is 28.8 Å². The third-order valence-electron chi connectivity index (χ3n) is 6.69. The Bertz CT molecular complexity index is 1870. The highest BCUT2D eigenvalue weighted by Crippen LogP contribution is 2.38. The van der Waals surface area contributed by atoms with Gasteiger partial charge in [0.1, 0.15) is 17.3 Å². The first-order valence-electron chi connectivity index (χ1n) is 15.4. The molecule has 20 heteroatoms. The highest BCUT2D eigenvalue weighted by atomic mass is 19.4. The largest absolute Gasteiger partial charge is 0.492 e. The minimum Gasteiger partial charge on any atom is -0.492 e. The van der Waals surface area contributed by atoms with Gasteiger partial charge in [-0.3, -0.25) is 9.89 Å². The third-order valence-corrected chi connectivity index (χ3v) is 6.69. The highest BCUT2D eigenvalue weighted by Gasteiger charge is 2.39. The fraction of sp³-hybridized carbons (Fsp3) is 0.394. The van der Waals surface area contributed by atoms with Crippen molar-refractivity contribution >= 4 is 40.4 Å². The first kappa shape index (κ1) is 41.8. The lowest BCUT2D eigenvalue weighted by atomic mass is 9.90. The van der Waals surface area contributed by atoms with Gasteiger partial charge in [0.05, 0.1) is 30.7 Å². The summed E-state index contributed by atoms with van der Waals surface area (Å²) in [5, 5.41) is 28.3. The molecule has 4 aromatic rings. The fourth-order valence-corrected chi connectivity index (χ4v) is 4.26. The molecule has 1 saturated heterocycles. The zero-order valence-corrected chi connectivity index (χ0v) is 28.9. The van der Waals surface area contributed by atoms with Crippen LogP contribution in [0.1, 0.15) is 33.3 Å². The number of alkyl halides is 6. The van der Waals surface area contributed by atoms with Crippen molar-refractivity contribution < 1.29 is 65.1 Å². The van der Waals surface area contributed by atoms with Crippen LogP contribution in [0.15, 0.2) is 48.7 Å². The minimum atomic E-state index is -5.08. The molecule has 1 fully saturated rings. The molecule has 0 radical (unpaired) electrons. The van der Waals surface area contributed by atoms with Crippen LogP contribution in [0.5, 0.6) is 11.5 Å². The number of rotatable bonds is 9. The lowest BCUT2D eigenvalue weighted by Gasteiger charge is -2.37. The van der Waals surface area contributed by atoms with E-state index in [0.29, 0.717) is 43.0 Å². The molecule has 0 bridgehead atoms. The van der Waals surface area contributed by atoms with Crippen molar-refractivity contribution in [3.63, 3.8) is 0 Å². The van der Waals surface area contributed by atoms with Crippen molar-refractivity contribution in [1.82, 2.24) is 25.5 Å². The summed E-state index contributed by atoms with van der Waals surface area (Å²) in [5.41, 5.74) is 2.11. The zero-order valence-electron chi connectivity index (χ0n) is 28.9. The van der Waals surface area contributed by atoms with E-state index in [2.05, 4.69) is 27.8 Å². The molecule has 0 unspecified atom stereocenters. The monoisotopic (exact) mass is 758 g/mol. The predicted molar refractivity (Wildman–Crippen MR) is 177 cm³/mol. The normalized spacial score (nSPS) is 13.6. The number of hydrogen-bond acceptors (Lipinski definition) is 10. The molecule has 1 aliphatic rings. The van der Waals surface area contributed by atoms with Crippen molar-refractivity contribution in [2.24, 2.45) is 5.41 Å². The molecule has 14 nitrogen and oxygen atoms in total. The second kappa shape index (κ2) is 16.8. The number of aromatic amines is 1. The van der Waals surface area contributed by atoms with Crippen molar-refractivity contribution in [1.29, 1.82) is 0 Å². The van der Waals surface area contributed by atoms with Gasteiger partial charge in [0.2, 0.25) is 0 Å². The second-order valence-corrected chi connectivity index (χ2v) is 12.9. The predicted octanol–water partition coefficient (Wildman–Crippen LogP) is 6.05. The van der Waals surface area contributed by atoms with Gasteiger partial charge in [-0.05, 0) is 51.5 Å². The van der Waals surface area contributed by atoms with Gasteiger partial charge in [-0.15, -0.1) is 0 Å². The van der Waals surface area contributed by atoms with Crippen LogP contribution >= 0.6 is 0 Å². The standard InChI is InChI=1S/C29H34N6O4.2C2HF3O2/c1-18-9-10-21-24(25(18)39-17-29(5)15-37-16-29)27(32-22-11-12-30-35-22)33-26(31-21)19-7-6-8-20(13-19)38-14-23(36)34-28(2,3)4;2*3-2(4,5)1(6)7/h6-13H,14-17H2,1-5H3,(H,34,36)(H2,30,31,32,33,35);2*(H,6,7). The molecule has 5 rings (SSSR count). The van der Waals surface area contributed by atoms with E-state index in [9.17, 15) is 31.1 Å². The summed E-state index contributed by atoms with van der Waals surface area (Å²) >= 11 is 0. The van der Waals surface area contributed by atoms with Gasteiger partial charge in [-0.2, -0.15) is 31.4 Å². The Morgan fingerprint density at radius 2 is 1.57 bits per heavy atom. The van der Waals surface area contributed by atoms with E-state index in [-0.39, 0.29) is 23.5 Å². The number of anilines is 2. The number of halogens is 6. The van der Waals surface area contributed by atoms with E-state index in [1.165, 1.54) is 0 Å². The Hall–Kier alpha value is -5.66. The molecule has 0 aliphatic carbocycles. The van der Waals surface area contributed by atoms with E-state index >= 15 is 0 Å². The maximum absolute atomic E-state index is 12.2. The number of carboxylic acids is 2. The molecular formula is C33H36F6N6O8. The van der Waals surface area contributed by atoms with Gasteiger partial charge in [-0.1, -0.05) is 25.1 Å². The van der Waals surface area contributed by atoms with Crippen molar-refractivity contribution in [2.75, 3.05) is 31.7 Å². The number of ether oxygens (including phenoxy) is 3. The second-order valence-electron chi connectivity index (χ2n) is 12.9. The average molecular weight is 759 g/mol. The Morgan fingerprint density at radius 1 is 0.943 bits per heavy atom. The summed E-state index contributed by atoms with van der Waals surface area (Å²) in [5.74, 6) is -2.73.